The molecule has 1 fully saturated rings. The third-order valence-electron chi connectivity index (χ3n) is 6.30. The quantitative estimate of drug-likeness (QED) is 0.295. The van der Waals surface area contributed by atoms with E-state index < -0.39 is 5.97 Å². The molecular formula is C28H30N2O3S. The zero-order chi connectivity index (χ0) is 23.8. The molecule has 1 aliphatic rings. The first kappa shape index (κ1) is 24.1. The minimum absolute atomic E-state index is 0.214. The number of terminal acetylenes is 1. The lowest BCUT2D eigenvalue weighted by molar-refractivity contribution is -0.142. The number of rotatable bonds is 10. The molecule has 5 nitrogen and oxygen atoms in total. The minimum Gasteiger partial charge on any atom is -0.480 e. The summed E-state index contributed by atoms with van der Waals surface area (Å²) in [4.78, 5) is 10.7. The fourth-order valence-electron chi connectivity index (χ4n) is 4.68. The van der Waals surface area contributed by atoms with E-state index in [0.717, 1.165) is 59.6 Å². The predicted molar refractivity (Wildman–Crippen MR) is 137 cm³/mol. The monoisotopic (exact) mass is 474 g/mol. The molecule has 1 heterocycles. The average molecular weight is 475 g/mol. The standard InChI is InChI=1S/C28H30N2O3S/c1-2-17-34-28-26(23-9-5-3-6-10-23)27(24-11-7-4-8-12-24)30(29-28)18-21-13-15-22(16-14-21)19-33-20-25(31)32/h1,3-12,21-22H,13-20H2,(H,31,32). The largest absolute Gasteiger partial charge is 0.480 e. The van der Waals surface area contributed by atoms with Gasteiger partial charge in [-0.1, -0.05) is 78.3 Å². The van der Waals surface area contributed by atoms with Crippen LogP contribution < -0.4 is 0 Å². The maximum atomic E-state index is 10.7. The minimum atomic E-state index is -0.909. The molecule has 6 heteroatoms. The normalized spacial score (nSPS) is 17.9. The number of nitrogens with zero attached hydrogens (tertiary/aromatic N) is 2. The Bertz CT molecular complexity index is 1110. The Morgan fingerprint density at radius 2 is 1.65 bits per heavy atom. The van der Waals surface area contributed by atoms with E-state index >= 15 is 0 Å². The number of ether oxygens (including phenoxy) is 1. The first-order valence-corrected chi connectivity index (χ1v) is 12.7. The van der Waals surface area contributed by atoms with Crippen LogP contribution >= 0.6 is 11.8 Å². The van der Waals surface area contributed by atoms with Crippen LogP contribution in [0.25, 0.3) is 22.4 Å². The molecule has 0 unspecified atom stereocenters. The van der Waals surface area contributed by atoms with Crippen molar-refractivity contribution in [3.63, 3.8) is 0 Å². The van der Waals surface area contributed by atoms with E-state index in [9.17, 15) is 4.79 Å². The van der Waals surface area contributed by atoms with Crippen molar-refractivity contribution < 1.29 is 14.6 Å². The molecule has 0 radical (unpaired) electrons. The van der Waals surface area contributed by atoms with Crippen LogP contribution in [0.2, 0.25) is 0 Å². The Hall–Kier alpha value is -3.01. The second kappa shape index (κ2) is 11.9. The fourth-order valence-corrected chi connectivity index (χ4v) is 5.41. The van der Waals surface area contributed by atoms with Crippen LogP contribution in [-0.2, 0) is 16.1 Å². The van der Waals surface area contributed by atoms with E-state index in [-0.39, 0.29) is 6.61 Å². The highest BCUT2D eigenvalue weighted by Gasteiger charge is 2.26. The molecule has 0 saturated heterocycles. The second-order valence-electron chi connectivity index (χ2n) is 8.73. The summed E-state index contributed by atoms with van der Waals surface area (Å²) >= 11 is 1.61. The summed E-state index contributed by atoms with van der Waals surface area (Å²) in [5.41, 5.74) is 4.57. The van der Waals surface area contributed by atoms with Gasteiger partial charge < -0.3 is 9.84 Å². The van der Waals surface area contributed by atoms with E-state index in [4.69, 9.17) is 21.4 Å². The summed E-state index contributed by atoms with van der Waals surface area (Å²) in [5, 5.41) is 14.8. The summed E-state index contributed by atoms with van der Waals surface area (Å²) in [6.45, 7) is 1.17. The fraction of sp³-hybridized carbons (Fsp3) is 0.357. The van der Waals surface area contributed by atoms with Crippen LogP contribution in [0.5, 0.6) is 0 Å². The number of carboxylic acids is 1. The molecule has 34 heavy (non-hydrogen) atoms. The van der Waals surface area contributed by atoms with E-state index in [0.29, 0.717) is 24.2 Å². The lowest BCUT2D eigenvalue weighted by atomic mass is 9.82. The molecule has 0 aliphatic heterocycles. The number of hydrogen-bond acceptors (Lipinski definition) is 4. The first-order valence-electron chi connectivity index (χ1n) is 11.7. The number of benzene rings is 2. The Morgan fingerprint density at radius 1 is 1.03 bits per heavy atom. The summed E-state index contributed by atoms with van der Waals surface area (Å²) in [7, 11) is 0. The highest BCUT2D eigenvalue weighted by molar-refractivity contribution is 7.99. The first-order chi connectivity index (χ1) is 16.7. The number of thioether (sulfide) groups is 1. The Labute approximate surface area is 205 Å². The molecule has 3 aromatic rings. The lowest BCUT2D eigenvalue weighted by Gasteiger charge is -2.28. The second-order valence-corrected chi connectivity index (χ2v) is 9.70. The maximum Gasteiger partial charge on any atom is 0.329 e. The molecule has 0 spiro atoms. The third kappa shape index (κ3) is 6.11. The molecule has 0 amide bonds. The van der Waals surface area contributed by atoms with Crippen LogP contribution in [0.15, 0.2) is 65.7 Å². The van der Waals surface area contributed by atoms with Gasteiger partial charge >= 0.3 is 5.97 Å². The van der Waals surface area contributed by atoms with E-state index in [2.05, 4.69) is 59.1 Å². The number of aliphatic carboxylic acids is 1. The van der Waals surface area contributed by atoms with Crippen molar-refractivity contribution in [2.45, 2.75) is 37.3 Å². The molecule has 1 N–H and O–H groups in total. The third-order valence-corrected chi connectivity index (χ3v) is 7.17. The zero-order valence-electron chi connectivity index (χ0n) is 19.2. The molecule has 4 rings (SSSR count). The van der Waals surface area contributed by atoms with E-state index in [1.807, 2.05) is 12.1 Å². The summed E-state index contributed by atoms with van der Waals surface area (Å²) in [6, 6.07) is 20.9. The van der Waals surface area contributed by atoms with E-state index in [1.165, 1.54) is 0 Å². The Balaban J connectivity index is 1.59. The topological polar surface area (TPSA) is 64.4 Å². The van der Waals surface area contributed by atoms with Gasteiger partial charge in [0.1, 0.15) is 11.6 Å². The molecule has 0 bridgehead atoms. The summed E-state index contributed by atoms with van der Waals surface area (Å²) < 4.78 is 7.52. The van der Waals surface area contributed by atoms with Crippen LogP contribution in [0.3, 0.4) is 0 Å². The van der Waals surface area contributed by atoms with Gasteiger partial charge in [0.15, 0.2) is 0 Å². The number of aromatic nitrogens is 2. The highest BCUT2D eigenvalue weighted by atomic mass is 32.2. The van der Waals surface area contributed by atoms with Gasteiger partial charge in [0.2, 0.25) is 0 Å². The Kier molecular flexibility index (Phi) is 8.46. The molecule has 2 aromatic carbocycles. The molecule has 1 aliphatic carbocycles. The van der Waals surface area contributed by atoms with Gasteiger partial charge in [-0.3, -0.25) is 4.68 Å². The van der Waals surface area contributed by atoms with Gasteiger partial charge in [0.25, 0.3) is 0 Å². The van der Waals surface area contributed by atoms with Gasteiger partial charge in [-0.15, -0.1) is 6.42 Å². The highest BCUT2D eigenvalue weighted by Crippen LogP contribution is 2.40. The summed E-state index contributed by atoms with van der Waals surface area (Å²) in [6.07, 6.45) is 9.86. The van der Waals surface area contributed by atoms with Crippen LogP contribution in [-0.4, -0.2) is 39.8 Å². The smallest absolute Gasteiger partial charge is 0.329 e. The van der Waals surface area contributed by atoms with Gasteiger partial charge in [0, 0.05) is 17.7 Å². The van der Waals surface area contributed by atoms with Crippen molar-refractivity contribution in [1.82, 2.24) is 9.78 Å². The zero-order valence-corrected chi connectivity index (χ0v) is 20.0. The maximum absolute atomic E-state index is 10.7. The molecular weight excluding hydrogens is 444 g/mol. The molecule has 0 atom stereocenters. The number of carboxylic acid groups (broad SMARTS) is 1. The van der Waals surface area contributed by atoms with E-state index in [1.54, 1.807) is 11.8 Å². The van der Waals surface area contributed by atoms with Crippen molar-refractivity contribution in [3.8, 4) is 34.7 Å². The molecule has 1 aromatic heterocycles. The van der Waals surface area contributed by atoms with Crippen molar-refractivity contribution in [2.75, 3.05) is 19.0 Å². The van der Waals surface area contributed by atoms with Gasteiger partial charge in [-0.2, -0.15) is 5.10 Å². The number of hydrogen-bond donors (Lipinski definition) is 1. The van der Waals surface area contributed by atoms with Crippen molar-refractivity contribution >= 4 is 17.7 Å². The number of carbonyl (C=O) groups is 1. The van der Waals surface area contributed by atoms with Crippen LogP contribution in [0.4, 0.5) is 0 Å². The average Bonchev–Trinajstić information content (AvgIpc) is 3.22. The van der Waals surface area contributed by atoms with Crippen molar-refractivity contribution in [2.24, 2.45) is 11.8 Å². The predicted octanol–water partition coefficient (Wildman–Crippen LogP) is 5.85. The van der Waals surface area contributed by atoms with Crippen molar-refractivity contribution in [3.05, 3.63) is 60.7 Å². The van der Waals surface area contributed by atoms with Crippen molar-refractivity contribution in [1.29, 1.82) is 0 Å². The Morgan fingerprint density at radius 3 is 2.26 bits per heavy atom. The molecule has 176 valence electrons. The van der Waals surface area contributed by atoms with Gasteiger partial charge in [-0.05, 0) is 43.1 Å². The SMILES string of the molecule is C#CCSc1nn(CC2CCC(COCC(=O)O)CC2)c(-c2ccccc2)c1-c1ccccc1. The van der Waals surface area contributed by atoms with Crippen LogP contribution in [0, 0.1) is 24.2 Å². The summed E-state index contributed by atoms with van der Waals surface area (Å²) in [5.74, 6) is 3.36. The van der Waals surface area contributed by atoms with Gasteiger partial charge in [-0.25, -0.2) is 4.79 Å². The van der Waals surface area contributed by atoms with Crippen LogP contribution in [0.1, 0.15) is 25.7 Å². The lowest BCUT2D eigenvalue weighted by Crippen LogP contribution is -2.23. The molecule has 1 saturated carbocycles. The van der Waals surface area contributed by atoms with Gasteiger partial charge in [0.05, 0.1) is 18.1 Å².